The predicted octanol–water partition coefficient (Wildman–Crippen LogP) is 2.64. The van der Waals surface area contributed by atoms with E-state index in [1.54, 1.807) is 0 Å². The number of nitrogens with one attached hydrogen (secondary N) is 1. The van der Waals surface area contributed by atoms with Crippen molar-refractivity contribution in [1.82, 2.24) is 5.32 Å². The van der Waals surface area contributed by atoms with Crippen LogP contribution < -0.4 is 5.32 Å². The van der Waals surface area contributed by atoms with E-state index in [1.807, 2.05) is 6.07 Å². The summed E-state index contributed by atoms with van der Waals surface area (Å²) in [7, 11) is 0. The summed E-state index contributed by atoms with van der Waals surface area (Å²) in [5.41, 5.74) is 1.29. The Morgan fingerprint density at radius 2 is 1.88 bits per heavy atom. The summed E-state index contributed by atoms with van der Waals surface area (Å²) in [5, 5.41) is 13.4. The quantitative estimate of drug-likeness (QED) is 0.819. The maximum Gasteiger partial charge on any atom is 0.0693 e. The minimum atomic E-state index is -0.167. The lowest BCUT2D eigenvalue weighted by molar-refractivity contribution is 0.0860. The fraction of sp³-hybridized carbons (Fsp3) is 0.571. The number of hydrogen-bond acceptors (Lipinski definition) is 2. The van der Waals surface area contributed by atoms with Crippen molar-refractivity contribution >= 4 is 0 Å². The lowest BCUT2D eigenvalue weighted by Gasteiger charge is -2.31. The van der Waals surface area contributed by atoms with Crippen LogP contribution in [0, 0.1) is 0 Å². The largest absolute Gasteiger partial charge is 0.392 e. The van der Waals surface area contributed by atoms with Crippen molar-refractivity contribution in [1.29, 1.82) is 0 Å². The van der Waals surface area contributed by atoms with Crippen LogP contribution in [0.25, 0.3) is 0 Å². The molecule has 1 fully saturated rings. The zero-order valence-corrected chi connectivity index (χ0v) is 9.89. The topological polar surface area (TPSA) is 32.3 Å². The van der Waals surface area contributed by atoms with Crippen LogP contribution in [0.15, 0.2) is 30.3 Å². The summed E-state index contributed by atoms with van der Waals surface area (Å²) in [5.74, 6) is 0. The third-order valence-electron chi connectivity index (χ3n) is 3.49. The van der Waals surface area contributed by atoms with E-state index in [1.165, 1.54) is 18.4 Å². The summed E-state index contributed by atoms with van der Waals surface area (Å²) in [6, 6.07) is 11.0. The van der Waals surface area contributed by atoms with Crippen LogP contribution in [0.1, 0.15) is 44.2 Å². The summed E-state index contributed by atoms with van der Waals surface area (Å²) < 4.78 is 0. The van der Waals surface area contributed by atoms with Gasteiger partial charge >= 0.3 is 0 Å². The molecule has 1 aromatic carbocycles. The third kappa shape index (κ3) is 2.83. The second-order valence-corrected chi connectivity index (χ2v) is 4.76. The van der Waals surface area contributed by atoms with E-state index in [2.05, 4.69) is 36.5 Å². The van der Waals surface area contributed by atoms with Gasteiger partial charge in [-0.15, -0.1) is 0 Å². The van der Waals surface area contributed by atoms with Crippen LogP contribution in [-0.4, -0.2) is 17.3 Å². The van der Waals surface area contributed by atoms with Gasteiger partial charge in [-0.25, -0.2) is 0 Å². The zero-order chi connectivity index (χ0) is 11.4. The van der Waals surface area contributed by atoms with E-state index in [4.69, 9.17) is 0 Å². The highest BCUT2D eigenvalue weighted by atomic mass is 16.3. The molecule has 0 saturated heterocycles. The zero-order valence-electron chi connectivity index (χ0n) is 9.89. The summed E-state index contributed by atoms with van der Waals surface area (Å²) in [6.07, 6.45) is 4.27. The van der Waals surface area contributed by atoms with Crippen LogP contribution in [-0.2, 0) is 0 Å². The van der Waals surface area contributed by atoms with E-state index in [0.717, 1.165) is 12.8 Å². The summed E-state index contributed by atoms with van der Waals surface area (Å²) in [6.45, 7) is 2.16. The highest BCUT2D eigenvalue weighted by Gasteiger charge is 2.24. The Labute approximate surface area is 97.7 Å². The van der Waals surface area contributed by atoms with E-state index >= 15 is 0 Å². The molecule has 2 nitrogen and oxygen atoms in total. The van der Waals surface area contributed by atoms with Gasteiger partial charge in [0.15, 0.2) is 0 Å². The first-order valence-electron chi connectivity index (χ1n) is 6.26. The van der Waals surface area contributed by atoms with E-state index in [9.17, 15) is 5.11 Å². The molecule has 2 N–H and O–H groups in total. The van der Waals surface area contributed by atoms with Gasteiger partial charge in [-0.3, -0.25) is 0 Å². The van der Waals surface area contributed by atoms with Crippen molar-refractivity contribution in [2.24, 2.45) is 0 Å². The van der Waals surface area contributed by atoms with Crippen molar-refractivity contribution in [3.63, 3.8) is 0 Å². The van der Waals surface area contributed by atoms with Gasteiger partial charge in [0.1, 0.15) is 0 Å². The predicted molar refractivity (Wildman–Crippen MR) is 66.3 cm³/mol. The summed E-state index contributed by atoms with van der Waals surface area (Å²) >= 11 is 0. The first kappa shape index (κ1) is 11.6. The van der Waals surface area contributed by atoms with Crippen molar-refractivity contribution in [3.8, 4) is 0 Å². The van der Waals surface area contributed by atoms with Gasteiger partial charge in [-0.05, 0) is 25.3 Å². The highest BCUT2D eigenvalue weighted by Crippen LogP contribution is 2.21. The number of rotatable bonds is 3. The van der Waals surface area contributed by atoms with Crippen molar-refractivity contribution < 1.29 is 5.11 Å². The highest BCUT2D eigenvalue weighted by molar-refractivity contribution is 5.18. The Kier molecular flexibility index (Phi) is 3.97. The molecule has 0 spiro atoms. The molecule has 3 atom stereocenters. The summed E-state index contributed by atoms with van der Waals surface area (Å²) in [4.78, 5) is 0. The molecular weight excluding hydrogens is 198 g/mol. The number of hydrogen-bond donors (Lipinski definition) is 2. The second kappa shape index (κ2) is 5.46. The average Bonchev–Trinajstić information content (AvgIpc) is 2.33. The molecule has 16 heavy (non-hydrogen) atoms. The Balaban J connectivity index is 1.94. The average molecular weight is 219 g/mol. The van der Waals surface area contributed by atoms with E-state index in [-0.39, 0.29) is 12.1 Å². The standard InChI is InChI=1S/C14H21NO/c1-11(12-7-3-2-4-8-12)15-13-9-5-6-10-14(13)16/h2-4,7-8,11,13-16H,5-6,9-10H2,1H3/t11-,13+,14+/m1/s1. The molecule has 2 rings (SSSR count). The number of aliphatic hydroxyl groups is 1. The van der Waals surface area contributed by atoms with Gasteiger partial charge in [0.2, 0.25) is 0 Å². The maximum atomic E-state index is 9.90. The molecule has 1 aliphatic rings. The lowest BCUT2D eigenvalue weighted by atomic mass is 9.91. The molecule has 0 heterocycles. The van der Waals surface area contributed by atoms with E-state index in [0.29, 0.717) is 6.04 Å². The first-order valence-corrected chi connectivity index (χ1v) is 6.26. The molecule has 0 aliphatic heterocycles. The molecule has 0 radical (unpaired) electrons. The Hall–Kier alpha value is -0.860. The molecule has 0 unspecified atom stereocenters. The molecule has 1 aliphatic carbocycles. The first-order chi connectivity index (χ1) is 7.77. The molecule has 1 aromatic rings. The molecule has 88 valence electrons. The van der Waals surface area contributed by atoms with Crippen LogP contribution in [0.3, 0.4) is 0 Å². The van der Waals surface area contributed by atoms with Gasteiger partial charge in [-0.2, -0.15) is 0 Å². The SMILES string of the molecule is C[C@@H](N[C@H]1CCCC[C@@H]1O)c1ccccc1. The fourth-order valence-electron chi connectivity index (χ4n) is 2.46. The van der Waals surface area contributed by atoms with Crippen molar-refractivity contribution in [2.75, 3.05) is 0 Å². The molecule has 1 saturated carbocycles. The van der Waals surface area contributed by atoms with Gasteiger partial charge < -0.3 is 10.4 Å². The minimum Gasteiger partial charge on any atom is -0.392 e. The van der Waals surface area contributed by atoms with E-state index < -0.39 is 0 Å². The minimum absolute atomic E-state index is 0.167. The number of benzene rings is 1. The molecule has 2 heteroatoms. The Morgan fingerprint density at radius 1 is 1.19 bits per heavy atom. The fourth-order valence-corrected chi connectivity index (χ4v) is 2.46. The smallest absolute Gasteiger partial charge is 0.0693 e. The third-order valence-corrected chi connectivity index (χ3v) is 3.49. The molecular formula is C14H21NO. The Morgan fingerprint density at radius 3 is 2.56 bits per heavy atom. The van der Waals surface area contributed by atoms with Crippen LogP contribution in [0.4, 0.5) is 0 Å². The molecule has 0 amide bonds. The Bertz CT molecular complexity index is 312. The van der Waals surface area contributed by atoms with Crippen LogP contribution in [0.2, 0.25) is 0 Å². The maximum absolute atomic E-state index is 9.90. The number of aliphatic hydroxyl groups excluding tert-OH is 1. The normalized spacial score (nSPS) is 27.6. The molecule has 0 bridgehead atoms. The van der Waals surface area contributed by atoms with Gasteiger partial charge in [0.05, 0.1) is 6.10 Å². The van der Waals surface area contributed by atoms with Crippen LogP contribution >= 0.6 is 0 Å². The van der Waals surface area contributed by atoms with Gasteiger partial charge in [0, 0.05) is 12.1 Å². The van der Waals surface area contributed by atoms with Crippen molar-refractivity contribution in [2.45, 2.75) is 50.8 Å². The molecule has 0 aromatic heterocycles. The second-order valence-electron chi connectivity index (χ2n) is 4.76. The van der Waals surface area contributed by atoms with Gasteiger partial charge in [0.25, 0.3) is 0 Å². The monoisotopic (exact) mass is 219 g/mol. The lowest BCUT2D eigenvalue weighted by Crippen LogP contribution is -2.43. The van der Waals surface area contributed by atoms with Crippen LogP contribution in [0.5, 0.6) is 0 Å². The van der Waals surface area contributed by atoms with Gasteiger partial charge in [-0.1, -0.05) is 43.2 Å². The van der Waals surface area contributed by atoms with Crippen molar-refractivity contribution in [3.05, 3.63) is 35.9 Å².